The molecule has 0 spiro atoms. The molecule has 0 aliphatic carbocycles. The van der Waals surface area contributed by atoms with Crippen molar-refractivity contribution < 1.29 is 4.79 Å². The topological polar surface area (TPSA) is 32.3 Å². The molecule has 3 nitrogen and oxygen atoms in total. The number of hydrogen-bond donors (Lipinski definition) is 1. The Labute approximate surface area is 157 Å². The van der Waals surface area contributed by atoms with Crippen molar-refractivity contribution >= 4 is 5.91 Å². The summed E-state index contributed by atoms with van der Waals surface area (Å²) in [6.07, 6.45) is 5.39. The van der Waals surface area contributed by atoms with Crippen LogP contribution in [0, 0.1) is 0 Å². The number of benzene rings is 2. The van der Waals surface area contributed by atoms with E-state index in [1.54, 1.807) is 0 Å². The van der Waals surface area contributed by atoms with Crippen molar-refractivity contribution in [2.75, 3.05) is 13.1 Å². The van der Waals surface area contributed by atoms with E-state index < -0.39 is 0 Å². The van der Waals surface area contributed by atoms with Gasteiger partial charge in [-0.3, -0.25) is 9.69 Å². The molecule has 0 radical (unpaired) electrons. The zero-order chi connectivity index (χ0) is 18.2. The molecule has 1 heterocycles. The molecule has 2 aromatic carbocycles. The molecule has 0 saturated carbocycles. The van der Waals surface area contributed by atoms with Crippen LogP contribution in [0.15, 0.2) is 60.7 Å². The monoisotopic (exact) mass is 350 g/mol. The molecule has 3 rings (SSSR count). The summed E-state index contributed by atoms with van der Waals surface area (Å²) in [6, 6.07) is 21.8. The highest BCUT2D eigenvalue weighted by molar-refractivity contribution is 5.78. The fourth-order valence-electron chi connectivity index (χ4n) is 3.83. The first-order valence-corrected chi connectivity index (χ1v) is 9.82. The number of nitrogens with zero attached hydrogens (tertiary/aromatic N) is 1. The minimum absolute atomic E-state index is 0.158. The van der Waals surface area contributed by atoms with E-state index >= 15 is 0 Å². The molecule has 1 aliphatic rings. The molecule has 138 valence electrons. The van der Waals surface area contributed by atoms with Gasteiger partial charge >= 0.3 is 0 Å². The number of nitrogens with one attached hydrogen (secondary N) is 1. The van der Waals surface area contributed by atoms with Crippen molar-refractivity contribution in [1.29, 1.82) is 0 Å². The molecule has 2 aromatic rings. The first-order valence-electron chi connectivity index (χ1n) is 9.82. The Hall–Kier alpha value is -2.13. The van der Waals surface area contributed by atoms with E-state index in [-0.39, 0.29) is 11.9 Å². The van der Waals surface area contributed by atoms with Crippen LogP contribution >= 0.6 is 0 Å². The van der Waals surface area contributed by atoms with Crippen LogP contribution in [-0.4, -0.2) is 36.0 Å². The van der Waals surface area contributed by atoms with Crippen molar-refractivity contribution in [3.8, 4) is 0 Å². The summed E-state index contributed by atoms with van der Waals surface area (Å²) in [5.41, 5.74) is 2.69. The maximum Gasteiger partial charge on any atom is 0.234 e. The fourth-order valence-corrected chi connectivity index (χ4v) is 3.83. The van der Waals surface area contributed by atoms with Crippen LogP contribution in [0.2, 0.25) is 0 Å². The third kappa shape index (κ3) is 5.70. The summed E-state index contributed by atoms with van der Waals surface area (Å²) in [5.74, 6) is 0.158. The van der Waals surface area contributed by atoms with Gasteiger partial charge in [0.25, 0.3) is 0 Å². The lowest BCUT2D eigenvalue weighted by atomic mass is 10.0. The average molecular weight is 351 g/mol. The van der Waals surface area contributed by atoms with Crippen LogP contribution < -0.4 is 5.32 Å². The number of amides is 1. The SMILES string of the molecule is C[C@@H](CCc1ccccc1)NC(=O)CN1CCC[C@@H]1Cc1ccccc1. The van der Waals surface area contributed by atoms with E-state index in [2.05, 4.69) is 71.7 Å². The van der Waals surface area contributed by atoms with Crippen LogP contribution in [0.1, 0.15) is 37.3 Å². The Morgan fingerprint density at radius 2 is 1.73 bits per heavy atom. The van der Waals surface area contributed by atoms with Crippen molar-refractivity contribution in [3.63, 3.8) is 0 Å². The van der Waals surface area contributed by atoms with Crippen molar-refractivity contribution in [2.24, 2.45) is 0 Å². The molecule has 0 aromatic heterocycles. The van der Waals surface area contributed by atoms with Crippen LogP contribution in [0.25, 0.3) is 0 Å². The van der Waals surface area contributed by atoms with Gasteiger partial charge in [0, 0.05) is 12.1 Å². The smallest absolute Gasteiger partial charge is 0.234 e. The maximum atomic E-state index is 12.5. The molecule has 1 saturated heterocycles. The number of carbonyl (C=O) groups is 1. The molecular formula is C23H30N2O. The fraction of sp³-hybridized carbons (Fsp3) is 0.435. The highest BCUT2D eigenvalue weighted by atomic mass is 16.2. The first-order chi connectivity index (χ1) is 12.7. The predicted molar refractivity (Wildman–Crippen MR) is 107 cm³/mol. The van der Waals surface area contributed by atoms with Crippen molar-refractivity contribution in [3.05, 3.63) is 71.8 Å². The quantitative estimate of drug-likeness (QED) is 0.785. The Kier molecular flexibility index (Phi) is 6.84. The molecule has 2 atom stereocenters. The van der Waals surface area contributed by atoms with Gasteiger partial charge in [-0.1, -0.05) is 60.7 Å². The van der Waals surface area contributed by atoms with Crippen LogP contribution in [-0.2, 0) is 17.6 Å². The average Bonchev–Trinajstić information content (AvgIpc) is 3.08. The van der Waals surface area contributed by atoms with E-state index in [4.69, 9.17) is 0 Å². The third-order valence-corrected chi connectivity index (χ3v) is 5.28. The van der Waals surface area contributed by atoms with Gasteiger partial charge in [0.2, 0.25) is 5.91 Å². The Bertz CT molecular complexity index is 671. The number of hydrogen-bond acceptors (Lipinski definition) is 2. The minimum atomic E-state index is 0.158. The zero-order valence-electron chi connectivity index (χ0n) is 15.7. The van der Waals surface area contributed by atoms with Crippen LogP contribution in [0.5, 0.6) is 0 Å². The van der Waals surface area contributed by atoms with Gasteiger partial charge in [-0.15, -0.1) is 0 Å². The van der Waals surface area contributed by atoms with Gasteiger partial charge in [-0.05, 0) is 56.7 Å². The highest BCUT2D eigenvalue weighted by Crippen LogP contribution is 2.20. The van der Waals surface area contributed by atoms with Gasteiger partial charge in [0.05, 0.1) is 6.54 Å². The van der Waals surface area contributed by atoms with Gasteiger partial charge in [-0.25, -0.2) is 0 Å². The van der Waals surface area contributed by atoms with E-state index in [0.717, 1.165) is 25.8 Å². The Morgan fingerprint density at radius 3 is 2.42 bits per heavy atom. The second kappa shape index (κ2) is 9.54. The van der Waals surface area contributed by atoms with Gasteiger partial charge in [0.1, 0.15) is 0 Å². The Morgan fingerprint density at radius 1 is 1.08 bits per heavy atom. The van der Waals surface area contributed by atoms with Crippen LogP contribution in [0.3, 0.4) is 0 Å². The second-order valence-electron chi connectivity index (χ2n) is 7.45. The molecule has 1 N–H and O–H groups in total. The molecule has 3 heteroatoms. The summed E-state index contributed by atoms with van der Waals surface area (Å²) < 4.78 is 0. The Balaban J connectivity index is 1.43. The van der Waals surface area contributed by atoms with E-state index in [1.807, 2.05) is 6.07 Å². The van der Waals surface area contributed by atoms with Gasteiger partial charge in [-0.2, -0.15) is 0 Å². The molecule has 0 bridgehead atoms. The summed E-state index contributed by atoms with van der Waals surface area (Å²) in [7, 11) is 0. The number of carbonyl (C=O) groups excluding carboxylic acids is 1. The van der Waals surface area contributed by atoms with Gasteiger partial charge < -0.3 is 5.32 Å². The summed E-state index contributed by atoms with van der Waals surface area (Å²) in [4.78, 5) is 14.8. The molecular weight excluding hydrogens is 320 g/mol. The first kappa shape index (κ1) is 18.7. The van der Waals surface area contributed by atoms with Crippen LogP contribution in [0.4, 0.5) is 0 Å². The van der Waals surface area contributed by atoms with Crippen molar-refractivity contribution in [2.45, 2.75) is 51.1 Å². The third-order valence-electron chi connectivity index (χ3n) is 5.28. The normalized spacial score (nSPS) is 18.6. The van der Waals surface area contributed by atoms with E-state index in [0.29, 0.717) is 12.6 Å². The molecule has 26 heavy (non-hydrogen) atoms. The number of aryl methyl sites for hydroxylation is 1. The van der Waals surface area contributed by atoms with E-state index in [1.165, 1.54) is 24.0 Å². The number of likely N-dealkylation sites (tertiary alicyclic amines) is 1. The highest BCUT2D eigenvalue weighted by Gasteiger charge is 2.26. The number of rotatable bonds is 8. The summed E-state index contributed by atoms with van der Waals surface area (Å²) >= 11 is 0. The summed E-state index contributed by atoms with van der Waals surface area (Å²) in [6.45, 7) is 3.66. The summed E-state index contributed by atoms with van der Waals surface area (Å²) in [5, 5.41) is 3.18. The van der Waals surface area contributed by atoms with Crippen molar-refractivity contribution in [1.82, 2.24) is 10.2 Å². The molecule has 1 amide bonds. The molecule has 1 aliphatic heterocycles. The standard InChI is InChI=1S/C23H30N2O/c1-19(14-15-20-9-4-2-5-10-20)24-23(26)18-25-16-8-13-22(25)17-21-11-6-3-7-12-21/h2-7,9-12,19,22H,8,13-18H2,1H3,(H,24,26)/t19-,22+/m0/s1. The lowest BCUT2D eigenvalue weighted by Crippen LogP contribution is -2.43. The molecule has 1 fully saturated rings. The molecule has 0 unspecified atom stereocenters. The zero-order valence-corrected chi connectivity index (χ0v) is 15.7. The lowest BCUT2D eigenvalue weighted by molar-refractivity contribution is -0.123. The maximum absolute atomic E-state index is 12.5. The second-order valence-corrected chi connectivity index (χ2v) is 7.45. The predicted octanol–water partition coefficient (Wildman–Crippen LogP) is 3.83. The largest absolute Gasteiger partial charge is 0.353 e. The lowest BCUT2D eigenvalue weighted by Gasteiger charge is -2.25. The minimum Gasteiger partial charge on any atom is -0.353 e. The van der Waals surface area contributed by atoms with E-state index in [9.17, 15) is 4.79 Å². The van der Waals surface area contributed by atoms with Gasteiger partial charge in [0.15, 0.2) is 0 Å².